The molecule has 1 unspecified atom stereocenters. The van der Waals surface area contributed by atoms with Gasteiger partial charge in [-0.2, -0.15) is 0 Å². The van der Waals surface area contributed by atoms with Crippen molar-refractivity contribution in [3.63, 3.8) is 0 Å². The molecule has 14 heavy (non-hydrogen) atoms. The van der Waals surface area contributed by atoms with Crippen molar-refractivity contribution in [1.29, 1.82) is 0 Å². The third-order valence-electron chi connectivity index (χ3n) is 1.77. The number of amides is 1. The number of carbonyl (C=O) groups excluding carboxylic acids is 1. The molecule has 5 heteroatoms. The van der Waals surface area contributed by atoms with Gasteiger partial charge in [-0.15, -0.1) is 0 Å². The molecular weight excluding hydrogens is 180 g/mol. The van der Waals surface area contributed by atoms with E-state index in [4.69, 9.17) is 5.73 Å². The van der Waals surface area contributed by atoms with Gasteiger partial charge in [0.2, 0.25) is 0 Å². The van der Waals surface area contributed by atoms with Crippen molar-refractivity contribution >= 4 is 5.91 Å². The van der Waals surface area contributed by atoms with E-state index in [1.54, 1.807) is 6.07 Å². The summed E-state index contributed by atoms with van der Waals surface area (Å²) in [7, 11) is 0. The lowest BCUT2D eigenvalue weighted by molar-refractivity contribution is 0.0936. The number of nitrogens with two attached hydrogens (primary N) is 1. The van der Waals surface area contributed by atoms with Crippen LogP contribution >= 0.6 is 0 Å². The molecule has 1 aromatic heterocycles. The molecule has 0 saturated heterocycles. The highest BCUT2D eigenvalue weighted by molar-refractivity contribution is 5.92. The fraction of sp³-hybridized carbons (Fsp3) is 0.444. The molecule has 0 aliphatic heterocycles. The fourth-order valence-electron chi connectivity index (χ4n) is 0.935. The van der Waals surface area contributed by atoms with Crippen LogP contribution in [0, 0.1) is 6.92 Å². The maximum Gasteiger partial charge on any atom is 0.270 e. The van der Waals surface area contributed by atoms with Crippen LogP contribution < -0.4 is 11.1 Å². The van der Waals surface area contributed by atoms with Gasteiger partial charge in [0.1, 0.15) is 12.0 Å². The average molecular weight is 194 g/mol. The summed E-state index contributed by atoms with van der Waals surface area (Å²) < 4.78 is 0. The van der Waals surface area contributed by atoms with E-state index in [1.807, 2.05) is 13.8 Å². The molecule has 5 nitrogen and oxygen atoms in total. The molecule has 0 aromatic carbocycles. The van der Waals surface area contributed by atoms with Gasteiger partial charge in [-0.1, -0.05) is 0 Å². The van der Waals surface area contributed by atoms with Gasteiger partial charge >= 0.3 is 0 Å². The Hall–Kier alpha value is -1.49. The molecule has 0 aliphatic carbocycles. The standard InChI is InChI=1S/C9H14N4O/c1-6-3-8(12-5-11-6)9(14)13-7(2)4-10/h3,5,7H,4,10H2,1-2H3,(H,13,14). The van der Waals surface area contributed by atoms with E-state index >= 15 is 0 Å². The molecule has 1 atom stereocenters. The molecule has 0 fully saturated rings. The van der Waals surface area contributed by atoms with Crippen molar-refractivity contribution in [2.24, 2.45) is 5.73 Å². The molecule has 76 valence electrons. The van der Waals surface area contributed by atoms with E-state index in [-0.39, 0.29) is 11.9 Å². The molecule has 1 amide bonds. The molecule has 0 radical (unpaired) electrons. The summed E-state index contributed by atoms with van der Waals surface area (Å²) in [6.45, 7) is 4.06. The summed E-state index contributed by atoms with van der Waals surface area (Å²) in [5.74, 6) is -0.214. The Bertz CT molecular complexity index is 326. The highest BCUT2D eigenvalue weighted by Gasteiger charge is 2.09. The minimum atomic E-state index is -0.214. The Balaban J connectivity index is 2.70. The minimum Gasteiger partial charge on any atom is -0.347 e. The number of nitrogens with zero attached hydrogens (tertiary/aromatic N) is 2. The summed E-state index contributed by atoms with van der Waals surface area (Å²) in [6, 6.07) is 1.59. The summed E-state index contributed by atoms with van der Waals surface area (Å²) in [5.41, 5.74) is 6.52. The Morgan fingerprint density at radius 3 is 2.93 bits per heavy atom. The van der Waals surface area contributed by atoms with Gasteiger partial charge in [0.05, 0.1) is 0 Å². The first-order valence-electron chi connectivity index (χ1n) is 4.43. The van der Waals surface area contributed by atoms with Crippen LogP contribution in [0.1, 0.15) is 23.1 Å². The zero-order chi connectivity index (χ0) is 10.6. The van der Waals surface area contributed by atoms with Crippen molar-refractivity contribution in [3.8, 4) is 0 Å². The molecule has 1 aromatic rings. The molecule has 1 heterocycles. The Morgan fingerprint density at radius 1 is 1.64 bits per heavy atom. The van der Waals surface area contributed by atoms with Crippen LogP contribution in [0.5, 0.6) is 0 Å². The molecule has 0 bridgehead atoms. The van der Waals surface area contributed by atoms with Crippen LogP contribution in [-0.2, 0) is 0 Å². The quantitative estimate of drug-likeness (QED) is 0.702. The summed E-state index contributed by atoms with van der Waals surface area (Å²) >= 11 is 0. The number of carbonyl (C=O) groups is 1. The largest absolute Gasteiger partial charge is 0.347 e. The first kappa shape index (κ1) is 10.6. The van der Waals surface area contributed by atoms with Gasteiger partial charge in [-0.25, -0.2) is 9.97 Å². The second-order valence-electron chi connectivity index (χ2n) is 3.15. The third kappa shape index (κ3) is 2.77. The third-order valence-corrected chi connectivity index (χ3v) is 1.77. The maximum absolute atomic E-state index is 11.5. The van der Waals surface area contributed by atoms with Crippen molar-refractivity contribution in [2.75, 3.05) is 6.54 Å². The lowest BCUT2D eigenvalue weighted by Crippen LogP contribution is -2.38. The fourth-order valence-corrected chi connectivity index (χ4v) is 0.935. The lowest BCUT2D eigenvalue weighted by Gasteiger charge is -2.10. The van der Waals surface area contributed by atoms with Gasteiger partial charge in [0.25, 0.3) is 5.91 Å². The number of rotatable bonds is 3. The van der Waals surface area contributed by atoms with Crippen LogP contribution in [0.15, 0.2) is 12.4 Å². The van der Waals surface area contributed by atoms with E-state index in [0.29, 0.717) is 12.2 Å². The SMILES string of the molecule is Cc1cc(C(=O)NC(C)CN)ncn1. The predicted molar refractivity (Wildman–Crippen MR) is 52.8 cm³/mol. The van der Waals surface area contributed by atoms with E-state index in [1.165, 1.54) is 6.33 Å². The number of aromatic nitrogens is 2. The molecule has 0 aliphatic rings. The normalized spacial score (nSPS) is 12.2. The zero-order valence-electron chi connectivity index (χ0n) is 8.32. The lowest BCUT2D eigenvalue weighted by atomic mass is 10.3. The Morgan fingerprint density at radius 2 is 2.36 bits per heavy atom. The van der Waals surface area contributed by atoms with E-state index in [2.05, 4.69) is 15.3 Å². The van der Waals surface area contributed by atoms with Crippen LogP contribution in [0.25, 0.3) is 0 Å². The van der Waals surface area contributed by atoms with Gasteiger partial charge in [-0.3, -0.25) is 4.79 Å². The van der Waals surface area contributed by atoms with Crippen LogP contribution in [0.3, 0.4) is 0 Å². The highest BCUT2D eigenvalue weighted by Crippen LogP contribution is 1.96. The first-order chi connectivity index (χ1) is 6.63. The Labute approximate surface area is 82.7 Å². The van der Waals surface area contributed by atoms with Crippen molar-refractivity contribution < 1.29 is 4.79 Å². The van der Waals surface area contributed by atoms with Crippen molar-refractivity contribution in [3.05, 3.63) is 23.8 Å². The monoisotopic (exact) mass is 194 g/mol. The number of nitrogens with one attached hydrogen (secondary N) is 1. The first-order valence-corrected chi connectivity index (χ1v) is 4.43. The maximum atomic E-state index is 11.5. The van der Waals surface area contributed by atoms with Crippen LogP contribution in [0.2, 0.25) is 0 Å². The van der Waals surface area contributed by atoms with Gasteiger partial charge < -0.3 is 11.1 Å². The summed E-state index contributed by atoms with van der Waals surface area (Å²) in [6.07, 6.45) is 1.37. The van der Waals surface area contributed by atoms with Crippen molar-refractivity contribution in [1.82, 2.24) is 15.3 Å². The highest BCUT2D eigenvalue weighted by atomic mass is 16.1. The summed E-state index contributed by atoms with van der Waals surface area (Å²) in [5, 5.41) is 2.72. The van der Waals surface area contributed by atoms with E-state index < -0.39 is 0 Å². The Kier molecular flexibility index (Phi) is 3.53. The molecule has 0 saturated carbocycles. The second-order valence-corrected chi connectivity index (χ2v) is 3.15. The smallest absolute Gasteiger partial charge is 0.270 e. The van der Waals surface area contributed by atoms with Gasteiger partial charge in [0.15, 0.2) is 0 Å². The molecule has 0 spiro atoms. The van der Waals surface area contributed by atoms with Crippen molar-refractivity contribution in [2.45, 2.75) is 19.9 Å². The average Bonchev–Trinajstić information content (AvgIpc) is 2.17. The zero-order valence-corrected chi connectivity index (χ0v) is 8.32. The topological polar surface area (TPSA) is 80.9 Å². The number of hydrogen-bond acceptors (Lipinski definition) is 4. The predicted octanol–water partition coefficient (Wildman–Crippen LogP) is -0.138. The van der Waals surface area contributed by atoms with E-state index in [0.717, 1.165) is 5.69 Å². The van der Waals surface area contributed by atoms with Gasteiger partial charge in [0, 0.05) is 18.3 Å². The summed E-state index contributed by atoms with van der Waals surface area (Å²) in [4.78, 5) is 19.3. The van der Waals surface area contributed by atoms with Crippen LogP contribution in [0.4, 0.5) is 0 Å². The number of hydrogen-bond donors (Lipinski definition) is 2. The molecule has 1 rings (SSSR count). The van der Waals surface area contributed by atoms with Crippen LogP contribution in [-0.4, -0.2) is 28.5 Å². The molecule has 3 N–H and O–H groups in total. The van der Waals surface area contributed by atoms with E-state index in [9.17, 15) is 4.79 Å². The molecular formula is C9H14N4O. The number of aryl methyl sites for hydroxylation is 1. The second kappa shape index (κ2) is 4.66. The van der Waals surface area contributed by atoms with Gasteiger partial charge in [-0.05, 0) is 19.9 Å². The minimum absolute atomic E-state index is 0.0437.